The summed E-state index contributed by atoms with van der Waals surface area (Å²) in [5, 5.41) is 2.53. The summed E-state index contributed by atoms with van der Waals surface area (Å²) in [5.41, 5.74) is 1.11. The molecular weight excluding hydrogens is 448 g/mol. The number of methoxy groups -OCH3 is 1. The van der Waals surface area contributed by atoms with Crippen LogP contribution in [0.3, 0.4) is 0 Å². The van der Waals surface area contributed by atoms with Crippen LogP contribution in [-0.2, 0) is 13.9 Å². The molecular formula is C31H40O3Si. The zero-order chi connectivity index (χ0) is 25.3. The molecule has 0 spiro atoms. The monoisotopic (exact) mass is 488 g/mol. The lowest BCUT2D eigenvalue weighted by Crippen LogP contribution is -2.66. The van der Waals surface area contributed by atoms with Gasteiger partial charge in [-0.1, -0.05) is 106 Å². The molecule has 186 valence electrons. The molecule has 2 aromatic carbocycles. The van der Waals surface area contributed by atoms with Gasteiger partial charge in [0.05, 0.1) is 18.8 Å². The zero-order valence-electron chi connectivity index (χ0n) is 21.7. The number of ether oxygens (including phenoxy) is 2. The molecule has 3 nitrogen and oxygen atoms in total. The van der Waals surface area contributed by atoms with Gasteiger partial charge in [0, 0.05) is 13.5 Å². The average molecular weight is 489 g/mol. The van der Waals surface area contributed by atoms with E-state index >= 15 is 0 Å². The Balaban J connectivity index is 1.69. The minimum Gasteiger partial charge on any atom is -0.403 e. The Bertz CT molecular complexity index is 962. The van der Waals surface area contributed by atoms with Crippen molar-refractivity contribution >= 4 is 18.7 Å². The molecule has 1 aliphatic heterocycles. The SMILES string of the molecule is C#CCC1C=CC(OC)C(CCCC(=C)CO[Si](c2ccccc2)(c2ccccc2)C(C)(C)C)O1. The second-order valence-corrected chi connectivity index (χ2v) is 14.6. The highest BCUT2D eigenvalue weighted by molar-refractivity contribution is 6.99. The molecule has 0 saturated heterocycles. The summed E-state index contributed by atoms with van der Waals surface area (Å²) in [4.78, 5) is 0. The summed E-state index contributed by atoms with van der Waals surface area (Å²) in [7, 11) is -0.826. The van der Waals surface area contributed by atoms with E-state index in [1.807, 2.05) is 6.08 Å². The van der Waals surface area contributed by atoms with Gasteiger partial charge in [0.25, 0.3) is 8.32 Å². The Morgan fingerprint density at radius 2 is 1.63 bits per heavy atom. The molecule has 0 amide bonds. The first-order valence-corrected chi connectivity index (χ1v) is 14.4. The third kappa shape index (κ3) is 6.62. The van der Waals surface area contributed by atoms with E-state index in [2.05, 4.69) is 100 Å². The number of terminal acetylenes is 1. The van der Waals surface area contributed by atoms with Crippen LogP contribution in [0.2, 0.25) is 5.04 Å². The molecule has 0 N–H and O–H groups in total. The van der Waals surface area contributed by atoms with Gasteiger partial charge in [-0.3, -0.25) is 0 Å². The van der Waals surface area contributed by atoms with E-state index in [9.17, 15) is 0 Å². The Morgan fingerprint density at radius 1 is 1.03 bits per heavy atom. The van der Waals surface area contributed by atoms with Crippen LogP contribution in [0.15, 0.2) is 85.0 Å². The lowest BCUT2D eigenvalue weighted by molar-refractivity contribution is -0.0721. The molecule has 0 fully saturated rings. The average Bonchev–Trinajstić information content (AvgIpc) is 2.85. The molecule has 1 aliphatic rings. The minimum absolute atomic E-state index is 0.00810. The van der Waals surface area contributed by atoms with Crippen molar-refractivity contribution in [2.24, 2.45) is 0 Å². The largest absolute Gasteiger partial charge is 0.403 e. The van der Waals surface area contributed by atoms with Gasteiger partial charge in [0.2, 0.25) is 0 Å². The van der Waals surface area contributed by atoms with Gasteiger partial charge in [-0.25, -0.2) is 0 Å². The van der Waals surface area contributed by atoms with Crippen molar-refractivity contribution in [1.82, 2.24) is 0 Å². The highest BCUT2D eigenvalue weighted by Crippen LogP contribution is 2.37. The summed E-state index contributed by atoms with van der Waals surface area (Å²) in [6, 6.07) is 21.5. The first kappa shape index (κ1) is 27.2. The standard InChI is InChI=1S/C31H40O3Si/c1-7-15-26-22-23-29(32-6)30(34-26)21-14-16-25(2)24-33-35(31(3,4)5,27-17-10-8-11-18-27)28-19-12-9-13-20-28/h1,8-13,17-20,22-23,26,29-30H,2,14-16,21,24H2,3-6H3. The van der Waals surface area contributed by atoms with Crippen molar-refractivity contribution in [2.45, 2.75) is 69.8 Å². The summed E-state index contributed by atoms with van der Waals surface area (Å²) in [6.45, 7) is 11.8. The van der Waals surface area contributed by atoms with Crippen LogP contribution in [0.25, 0.3) is 0 Å². The van der Waals surface area contributed by atoms with Crippen molar-refractivity contribution in [1.29, 1.82) is 0 Å². The van der Waals surface area contributed by atoms with E-state index in [4.69, 9.17) is 20.3 Å². The van der Waals surface area contributed by atoms with Gasteiger partial charge in [-0.2, -0.15) is 0 Å². The van der Waals surface area contributed by atoms with Gasteiger partial charge in [0.1, 0.15) is 6.10 Å². The second kappa shape index (κ2) is 12.5. The van der Waals surface area contributed by atoms with Gasteiger partial charge < -0.3 is 13.9 Å². The van der Waals surface area contributed by atoms with Crippen LogP contribution >= 0.6 is 0 Å². The van der Waals surface area contributed by atoms with E-state index in [-0.39, 0.29) is 23.4 Å². The summed E-state index contributed by atoms with van der Waals surface area (Å²) in [5.74, 6) is 2.69. The Morgan fingerprint density at radius 3 is 2.14 bits per heavy atom. The van der Waals surface area contributed by atoms with Crippen LogP contribution in [0.4, 0.5) is 0 Å². The molecule has 0 saturated carbocycles. The van der Waals surface area contributed by atoms with Crippen molar-refractivity contribution < 1.29 is 13.9 Å². The number of hydrogen-bond donors (Lipinski definition) is 0. The third-order valence-corrected chi connectivity index (χ3v) is 11.7. The number of benzene rings is 2. The van der Waals surface area contributed by atoms with Crippen LogP contribution in [0.5, 0.6) is 0 Å². The third-order valence-electron chi connectivity index (χ3n) is 6.75. The van der Waals surface area contributed by atoms with Crippen molar-refractivity contribution in [3.05, 3.63) is 85.0 Å². The van der Waals surface area contributed by atoms with Gasteiger partial charge in [-0.15, -0.1) is 12.3 Å². The molecule has 0 aromatic heterocycles. The van der Waals surface area contributed by atoms with E-state index in [1.165, 1.54) is 10.4 Å². The molecule has 3 atom stereocenters. The van der Waals surface area contributed by atoms with E-state index < -0.39 is 8.32 Å². The number of hydrogen-bond acceptors (Lipinski definition) is 3. The molecule has 3 unspecified atom stereocenters. The second-order valence-electron chi connectivity index (χ2n) is 10.3. The fourth-order valence-electron chi connectivity index (χ4n) is 5.00. The summed E-state index contributed by atoms with van der Waals surface area (Å²) in [6.07, 6.45) is 12.8. The first-order chi connectivity index (χ1) is 16.8. The minimum atomic E-state index is -2.55. The first-order valence-electron chi connectivity index (χ1n) is 12.5. The van der Waals surface area contributed by atoms with Crippen molar-refractivity contribution in [2.75, 3.05) is 13.7 Å². The van der Waals surface area contributed by atoms with Gasteiger partial charge >= 0.3 is 0 Å². The molecule has 3 rings (SSSR count). The van der Waals surface area contributed by atoms with Crippen LogP contribution < -0.4 is 10.4 Å². The van der Waals surface area contributed by atoms with Crippen molar-refractivity contribution in [3.63, 3.8) is 0 Å². The predicted molar refractivity (Wildman–Crippen MR) is 149 cm³/mol. The molecule has 0 radical (unpaired) electrons. The predicted octanol–water partition coefficient (Wildman–Crippen LogP) is 5.65. The highest BCUT2D eigenvalue weighted by Gasteiger charge is 2.50. The van der Waals surface area contributed by atoms with E-state index in [0.717, 1.165) is 24.8 Å². The number of rotatable bonds is 11. The fourth-order valence-corrected chi connectivity index (χ4v) is 9.57. The van der Waals surface area contributed by atoms with E-state index in [1.54, 1.807) is 7.11 Å². The topological polar surface area (TPSA) is 27.7 Å². The Hall–Kier alpha value is -2.42. The van der Waals surface area contributed by atoms with Crippen molar-refractivity contribution in [3.8, 4) is 12.3 Å². The molecule has 4 heteroatoms. The normalized spacial score (nSPS) is 20.4. The van der Waals surface area contributed by atoms with Crippen LogP contribution in [0.1, 0.15) is 46.5 Å². The van der Waals surface area contributed by atoms with Gasteiger partial charge in [0.15, 0.2) is 0 Å². The highest BCUT2D eigenvalue weighted by atomic mass is 28.4. The molecule has 0 bridgehead atoms. The molecule has 1 heterocycles. The smallest absolute Gasteiger partial charge is 0.261 e. The Labute approximate surface area is 213 Å². The summed E-state index contributed by atoms with van der Waals surface area (Å²) >= 11 is 0. The molecule has 35 heavy (non-hydrogen) atoms. The Kier molecular flexibility index (Phi) is 9.71. The summed E-state index contributed by atoms with van der Waals surface area (Å²) < 4.78 is 18.8. The molecule has 0 aliphatic carbocycles. The van der Waals surface area contributed by atoms with E-state index in [0.29, 0.717) is 13.0 Å². The fraction of sp³-hybridized carbons (Fsp3) is 0.419. The van der Waals surface area contributed by atoms with Gasteiger partial charge in [-0.05, 0) is 34.7 Å². The zero-order valence-corrected chi connectivity index (χ0v) is 22.7. The van der Waals surface area contributed by atoms with Crippen LogP contribution in [0, 0.1) is 12.3 Å². The molecule has 2 aromatic rings. The lowest BCUT2D eigenvalue weighted by atomic mass is 10.0. The maximum absolute atomic E-state index is 7.01. The maximum Gasteiger partial charge on any atom is 0.261 e. The van der Waals surface area contributed by atoms with Crippen LogP contribution in [-0.4, -0.2) is 40.3 Å². The quantitative estimate of drug-likeness (QED) is 0.232. The lowest BCUT2D eigenvalue weighted by Gasteiger charge is -2.43. The maximum atomic E-state index is 7.01.